The molecule has 0 unspecified atom stereocenters. The average Bonchev–Trinajstić information content (AvgIpc) is 2.95. The number of thiophene rings is 1. The van der Waals surface area contributed by atoms with Gasteiger partial charge < -0.3 is 10.1 Å². The molecule has 1 N–H and O–H groups in total. The summed E-state index contributed by atoms with van der Waals surface area (Å²) in [7, 11) is 0. The SMILES string of the molecule is Cc1cccc(OC(F)F)c1NC(=O)CCCc1cccs1. The van der Waals surface area contributed by atoms with E-state index in [-0.39, 0.29) is 11.7 Å². The van der Waals surface area contributed by atoms with Gasteiger partial charge in [-0.15, -0.1) is 11.3 Å². The van der Waals surface area contributed by atoms with Gasteiger partial charge >= 0.3 is 6.61 Å². The van der Waals surface area contributed by atoms with Crippen molar-refractivity contribution >= 4 is 22.9 Å². The van der Waals surface area contributed by atoms with Gasteiger partial charge in [0.25, 0.3) is 0 Å². The van der Waals surface area contributed by atoms with Gasteiger partial charge in [0, 0.05) is 11.3 Å². The Labute approximate surface area is 131 Å². The zero-order chi connectivity index (χ0) is 15.9. The van der Waals surface area contributed by atoms with Crippen LogP contribution in [0, 0.1) is 6.92 Å². The molecule has 1 amide bonds. The number of nitrogens with one attached hydrogen (secondary N) is 1. The standard InChI is InChI=1S/C16H17F2NO2S/c1-11-5-2-8-13(21-16(17)18)15(11)19-14(20)9-3-6-12-7-4-10-22-12/h2,4-5,7-8,10,16H,3,6,9H2,1H3,(H,19,20). The van der Waals surface area contributed by atoms with Gasteiger partial charge in [0.1, 0.15) is 5.75 Å². The minimum atomic E-state index is -2.92. The Morgan fingerprint density at radius 2 is 2.14 bits per heavy atom. The molecule has 1 aromatic carbocycles. The number of benzene rings is 1. The van der Waals surface area contributed by atoms with E-state index in [1.807, 2.05) is 17.5 Å². The number of hydrogen-bond donors (Lipinski definition) is 1. The Balaban J connectivity index is 1.93. The van der Waals surface area contributed by atoms with Crippen molar-refractivity contribution in [3.05, 3.63) is 46.2 Å². The second-order valence-corrected chi connectivity index (χ2v) is 5.84. The van der Waals surface area contributed by atoms with Crippen molar-refractivity contribution in [1.82, 2.24) is 0 Å². The van der Waals surface area contributed by atoms with E-state index in [0.717, 1.165) is 6.42 Å². The van der Waals surface area contributed by atoms with Crippen LogP contribution < -0.4 is 10.1 Å². The molecule has 0 spiro atoms. The third-order valence-corrected chi connectivity index (χ3v) is 4.06. The third kappa shape index (κ3) is 4.80. The van der Waals surface area contributed by atoms with Crippen LogP contribution in [0.15, 0.2) is 35.7 Å². The summed E-state index contributed by atoms with van der Waals surface area (Å²) in [5, 5.41) is 4.67. The Morgan fingerprint density at radius 1 is 1.32 bits per heavy atom. The van der Waals surface area contributed by atoms with Gasteiger partial charge in [-0.25, -0.2) is 0 Å². The van der Waals surface area contributed by atoms with Crippen molar-refractivity contribution in [2.24, 2.45) is 0 Å². The Morgan fingerprint density at radius 3 is 2.82 bits per heavy atom. The van der Waals surface area contributed by atoms with Crippen molar-refractivity contribution in [3.63, 3.8) is 0 Å². The van der Waals surface area contributed by atoms with E-state index in [2.05, 4.69) is 10.1 Å². The fourth-order valence-electron chi connectivity index (χ4n) is 2.08. The van der Waals surface area contributed by atoms with Gasteiger partial charge in [0.15, 0.2) is 0 Å². The lowest BCUT2D eigenvalue weighted by Gasteiger charge is -2.14. The van der Waals surface area contributed by atoms with Gasteiger partial charge in [-0.1, -0.05) is 18.2 Å². The molecule has 0 aliphatic rings. The monoisotopic (exact) mass is 325 g/mol. The minimum absolute atomic E-state index is 0.0124. The number of anilines is 1. The first kappa shape index (κ1) is 16.4. The summed E-state index contributed by atoms with van der Waals surface area (Å²) >= 11 is 1.66. The van der Waals surface area contributed by atoms with Gasteiger partial charge in [0.2, 0.25) is 5.91 Å². The maximum Gasteiger partial charge on any atom is 0.387 e. The molecule has 0 saturated carbocycles. The summed E-state index contributed by atoms with van der Waals surface area (Å²) < 4.78 is 29.2. The van der Waals surface area contributed by atoms with Crippen LogP contribution in [0.4, 0.5) is 14.5 Å². The highest BCUT2D eigenvalue weighted by molar-refractivity contribution is 7.09. The van der Waals surface area contributed by atoms with Gasteiger partial charge in [-0.2, -0.15) is 8.78 Å². The maximum absolute atomic E-state index is 12.4. The van der Waals surface area contributed by atoms with E-state index < -0.39 is 6.61 Å². The molecule has 0 radical (unpaired) electrons. The summed E-state index contributed by atoms with van der Waals surface area (Å²) in [5.74, 6) is -0.216. The second kappa shape index (κ2) is 7.89. The van der Waals surface area contributed by atoms with Gasteiger partial charge in [-0.3, -0.25) is 4.79 Å². The molecule has 0 aliphatic carbocycles. The summed E-state index contributed by atoms with van der Waals surface area (Å²) in [6, 6.07) is 8.76. The van der Waals surface area contributed by atoms with Crippen LogP contribution in [0.1, 0.15) is 23.3 Å². The first-order valence-electron chi connectivity index (χ1n) is 6.93. The molecule has 2 rings (SSSR count). The van der Waals surface area contributed by atoms with E-state index in [1.165, 1.54) is 10.9 Å². The zero-order valence-corrected chi connectivity index (χ0v) is 13.0. The summed E-state index contributed by atoms with van der Waals surface area (Å²) in [4.78, 5) is 13.2. The third-order valence-electron chi connectivity index (χ3n) is 3.12. The number of ether oxygens (including phenoxy) is 1. The molecule has 0 atom stereocenters. The number of aryl methyl sites for hydroxylation is 2. The molecule has 0 aliphatic heterocycles. The van der Waals surface area contributed by atoms with Crippen molar-refractivity contribution < 1.29 is 18.3 Å². The quantitative estimate of drug-likeness (QED) is 0.806. The molecule has 2 aromatic rings. The van der Waals surface area contributed by atoms with E-state index in [1.54, 1.807) is 30.4 Å². The number of amides is 1. The normalized spacial score (nSPS) is 10.7. The lowest BCUT2D eigenvalue weighted by Crippen LogP contribution is -2.14. The molecular weight excluding hydrogens is 308 g/mol. The highest BCUT2D eigenvalue weighted by Gasteiger charge is 2.14. The first-order valence-corrected chi connectivity index (χ1v) is 7.81. The highest BCUT2D eigenvalue weighted by Crippen LogP contribution is 2.29. The van der Waals surface area contributed by atoms with Crippen LogP contribution >= 0.6 is 11.3 Å². The molecule has 0 saturated heterocycles. The molecule has 1 aromatic heterocycles. The Kier molecular flexibility index (Phi) is 5.89. The number of carbonyl (C=O) groups excluding carboxylic acids is 1. The minimum Gasteiger partial charge on any atom is -0.433 e. The van der Waals surface area contributed by atoms with Gasteiger partial charge in [0.05, 0.1) is 5.69 Å². The molecular formula is C16H17F2NO2S. The van der Waals surface area contributed by atoms with Crippen molar-refractivity contribution in [1.29, 1.82) is 0 Å². The van der Waals surface area contributed by atoms with E-state index >= 15 is 0 Å². The molecule has 22 heavy (non-hydrogen) atoms. The number of rotatable bonds is 7. The van der Waals surface area contributed by atoms with Crippen molar-refractivity contribution in [2.75, 3.05) is 5.32 Å². The zero-order valence-electron chi connectivity index (χ0n) is 12.1. The predicted octanol–water partition coefficient (Wildman–Crippen LogP) is 4.62. The van der Waals surface area contributed by atoms with E-state index in [9.17, 15) is 13.6 Å². The lowest BCUT2D eigenvalue weighted by atomic mass is 10.1. The van der Waals surface area contributed by atoms with Crippen LogP contribution in [0.2, 0.25) is 0 Å². The molecule has 0 fully saturated rings. The molecule has 118 valence electrons. The molecule has 3 nitrogen and oxygen atoms in total. The summed E-state index contributed by atoms with van der Waals surface area (Å²) in [6.45, 7) is -1.18. The second-order valence-electron chi connectivity index (χ2n) is 4.81. The van der Waals surface area contributed by atoms with Crippen LogP contribution in [0.25, 0.3) is 0 Å². The number of para-hydroxylation sites is 1. The molecule has 6 heteroatoms. The first-order chi connectivity index (χ1) is 10.6. The topological polar surface area (TPSA) is 38.3 Å². The van der Waals surface area contributed by atoms with Gasteiger partial charge in [-0.05, 0) is 42.8 Å². The van der Waals surface area contributed by atoms with Crippen molar-refractivity contribution in [3.8, 4) is 5.75 Å². The number of carbonyl (C=O) groups is 1. The van der Waals surface area contributed by atoms with Crippen LogP contribution in [-0.4, -0.2) is 12.5 Å². The Bertz CT molecular complexity index is 615. The summed E-state index contributed by atoms with van der Waals surface area (Å²) in [5.41, 5.74) is 0.994. The van der Waals surface area contributed by atoms with Crippen LogP contribution in [0.3, 0.4) is 0 Å². The smallest absolute Gasteiger partial charge is 0.387 e. The van der Waals surface area contributed by atoms with Crippen LogP contribution in [-0.2, 0) is 11.2 Å². The maximum atomic E-state index is 12.4. The number of hydrogen-bond acceptors (Lipinski definition) is 3. The number of halogens is 2. The average molecular weight is 325 g/mol. The predicted molar refractivity (Wildman–Crippen MR) is 83.7 cm³/mol. The lowest BCUT2D eigenvalue weighted by molar-refractivity contribution is -0.116. The molecule has 1 heterocycles. The highest BCUT2D eigenvalue weighted by atomic mass is 32.1. The fourth-order valence-corrected chi connectivity index (χ4v) is 2.83. The summed E-state index contributed by atoms with van der Waals surface area (Å²) in [6.07, 6.45) is 1.88. The van der Waals surface area contributed by atoms with Crippen LogP contribution in [0.5, 0.6) is 5.75 Å². The Hall–Kier alpha value is -1.95. The van der Waals surface area contributed by atoms with Crippen molar-refractivity contribution in [2.45, 2.75) is 32.8 Å². The fraction of sp³-hybridized carbons (Fsp3) is 0.312. The largest absolute Gasteiger partial charge is 0.433 e. The van der Waals surface area contributed by atoms with E-state index in [0.29, 0.717) is 24.1 Å². The van der Waals surface area contributed by atoms with E-state index in [4.69, 9.17) is 0 Å². The number of alkyl halides is 2. The molecule has 0 bridgehead atoms.